The Morgan fingerprint density at radius 1 is 1.12 bits per heavy atom. The molecule has 1 amide bonds. The number of carbonyl (C=O) groups is 1. The minimum absolute atomic E-state index is 0.0663. The number of hydrogen-bond donors (Lipinski definition) is 1. The van der Waals surface area contributed by atoms with Gasteiger partial charge in [-0.05, 0) is 55.7 Å². The number of nitrogens with zero attached hydrogens (tertiary/aromatic N) is 1. The minimum atomic E-state index is -3.82. The number of ether oxygens (including phenoxy) is 1. The summed E-state index contributed by atoms with van der Waals surface area (Å²) in [7, 11) is -2.38. The lowest BCUT2D eigenvalue weighted by molar-refractivity contribution is -0.119. The number of rotatable bonds is 5. The summed E-state index contributed by atoms with van der Waals surface area (Å²) in [5.41, 5.74) is 1.93. The van der Waals surface area contributed by atoms with Gasteiger partial charge >= 0.3 is 0 Å². The second kappa shape index (κ2) is 7.37. The van der Waals surface area contributed by atoms with Gasteiger partial charge in [0, 0.05) is 18.7 Å². The third-order valence-corrected chi connectivity index (χ3v) is 5.74. The summed E-state index contributed by atoms with van der Waals surface area (Å²) >= 11 is 0. The van der Waals surface area contributed by atoms with Crippen molar-refractivity contribution < 1.29 is 17.9 Å². The molecule has 0 bridgehead atoms. The zero-order valence-corrected chi connectivity index (χ0v) is 15.7. The molecule has 0 spiro atoms. The molecular formula is C19H22N2O4S. The van der Waals surface area contributed by atoms with E-state index in [9.17, 15) is 13.2 Å². The second-order valence-corrected chi connectivity index (χ2v) is 7.96. The molecule has 0 aromatic heterocycles. The number of nitrogens with one attached hydrogen (secondary N) is 1. The number of amides is 1. The van der Waals surface area contributed by atoms with Gasteiger partial charge in [-0.3, -0.25) is 9.52 Å². The maximum absolute atomic E-state index is 12.8. The molecule has 3 rings (SSSR count). The Morgan fingerprint density at radius 3 is 2.65 bits per heavy atom. The van der Waals surface area contributed by atoms with Crippen molar-refractivity contribution in [2.45, 2.75) is 31.1 Å². The quantitative estimate of drug-likeness (QED) is 0.871. The first-order valence-electron chi connectivity index (χ1n) is 8.48. The summed E-state index contributed by atoms with van der Waals surface area (Å²) in [5, 5.41) is 0. The van der Waals surface area contributed by atoms with Gasteiger partial charge in [-0.1, -0.05) is 12.1 Å². The minimum Gasteiger partial charge on any atom is -0.495 e. The van der Waals surface area contributed by atoms with Gasteiger partial charge < -0.3 is 9.64 Å². The zero-order chi connectivity index (χ0) is 18.7. The molecular weight excluding hydrogens is 352 g/mol. The lowest BCUT2D eigenvalue weighted by atomic mass is 10.1. The van der Waals surface area contributed by atoms with E-state index in [-0.39, 0.29) is 16.6 Å². The summed E-state index contributed by atoms with van der Waals surface area (Å²) in [6.45, 7) is 2.47. The van der Waals surface area contributed by atoms with Crippen LogP contribution < -0.4 is 14.4 Å². The highest BCUT2D eigenvalue weighted by molar-refractivity contribution is 7.92. The van der Waals surface area contributed by atoms with E-state index in [4.69, 9.17) is 4.74 Å². The summed E-state index contributed by atoms with van der Waals surface area (Å²) in [6.07, 6.45) is 2.37. The number of benzene rings is 2. The molecule has 2 aromatic rings. The number of aryl methyl sites for hydroxylation is 1. The Morgan fingerprint density at radius 2 is 1.92 bits per heavy atom. The van der Waals surface area contributed by atoms with Crippen LogP contribution in [0.1, 0.15) is 24.8 Å². The van der Waals surface area contributed by atoms with Crippen molar-refractivity contribution in [1.29, 1.82) is 0 Å². The number of methoxy groups -OCH3 is 1. The van der Waals surface area contributed by atoms with Crippen molar-refractivity contribution in [1.82, 2.24) is 0 Å². The second-order valence-electron chi connectivity index (χ2n) is 6.31. The maximum atomic E-state index is 12.8. The summed E-state index contributed by atoms with van der Waals surface area (Å²) in [6, 6.07) is 11.9. The largest absolute Gasteiger partial charge is 0.495 e. The standard InChI is InChI=1S/C19H22N2O4S/c1-14-9-10-17(25-2)18(12-14)26(23,24)20-15-6-5-7-16(13-15)21-11-4-3-8-19(21)22/h5-7,9-10,12-13,20H,3-4,8,11H2,1-2H3. The van der Waals surface area contributed by atoms with Gasteiger partial charge in [0.2, 0.25) is 5.91 Å². The molecule has 0 saturated carbocycles. The van der Waals surface area contributed by atoms with Crippen LogP contribution in [0, 0.1) is 6.92 Å². The Bertz CT molecular complexity index is 925. The number of hydrogen-bond acceptors (Lipinski definition) is 4. The lowest BCUT2D eigenvalue weighted by Crippen LogP contribution is -2.35. The van der Waals surface area contributed by atoms with E-state index in [1.807, 2.05) is 13.0 Å². The van der Waals surface area contributed by atoms with Crippen LogP contribution in [-0.4, -0.2) is 28.0 Å². The van der Waals surface area contributed by atoms with Crippen molar-refractivity contribution in [2.75, 3.05) is 23.3 Å². The van der Waals surface area contributed by atoms with E-state index in [1.54, 1.807) is 41.3 Å². The molecule has 6 nitrogen and oxygen atoms in total. The SMILES string of the molecule is COc1ccc(C)cc1S(=O)(=O)Nc1cccc(N2CCCCC2=O)c1. The molecule has 1 N–H and O–H groups in total. The Labute approximate surface area is 153 Å². The predicted molar refractivity (Wildman–Crippen MR) is 101 cm³/mol. The summed E-state index contributed by atoms with van der Waals surface area (Å²) in [4.78, 5) is 13.9. The van der Waals surface area contributed by atoms with E-state index < -0.39 is 10.0 Å². The van der Waals surface area contributed by atoms with E-state index >= 15 is 0 Å². The Balaban J connectivity index is 1.90. The highest BCUT2D eigenvalue weighted by Gasteiger charge is 2.22. The molecule has 1 heterocycles. The van der Waals surface area contributed by atoms with E-state index in [0.717, 1.165) is 18.4 Å². The van der Waals surface area contributed by atoms with E-state index in [2.05, 4.69) is 4.72 Å². The van der Waals surface area contributed by atoms with Crippen LogP contribution >= 0.6 is 0 Å². The molecule has 1 fully saturated rings. The zero-order valence-electron chi connectivity index (χ0n) is 14.9. The fraction of sp³-hybridized carbons (Fsp3) is 0.316. The van der Waals surface area contributed by atoms with Crippen molar-refractivity contribution >= 4 is 27.3 Å². The third kappa shape index (κ3) is 3.83. The average molecular weight is 374 g/mol. The Kier molecular flexibility index (Phi) is 5.18. The lowest BCUT2D eigenvalue weighted by Gasteiger charge is -2.27. The number of piperidine rings is 1. The van der Waals surface area contributed by atoms with Crippen LogP contribution in [0.3, 0.4) is 0 Å². The molecule has 0 atom stereocenters. The molecule has 26 heavy (non-hydrogen) atoms. The van der Waals surface area contributed by atoms with Crippen LogP contribution in [0.15, 0.2) is 47.4 Å². The van der Waals surface area contributed by atoms with Gasteiger partial charge in [-0.2, -0.15) is 0 Å². The van der Waals surface area contributed by atoms with Crippen LogP contribution in [0.2, 0.25) is 0 Å². The molecule has 0 unspecified atom stereocenters. The fourth-order valence-corrected chi connectivity index (χ4v) is 4.32. The Hall–Kier alpha value is -2.54. The molecule has 0 aliphatic carbocycles. The predicted octanol–water partition coefficient (Wildman–Crippen LogP) is 3.32. The van der Waals surface area contributed by atoms with Gasteiger partial charge in [-0.15, -0.1) is 0 Å². The molecule has 1 aliphatic rings. The van der Waals surface area contributed by atoms with E-state index in [1.165, 1.54) is 7.11 Å². The first kappa shape index (κ1) is 18.3. The molecule has 1 saturated heterocycles. The third-order valence-electron chi connectivity index (χ3n) is 4.34. The molecule has 7 heteroatoms. The van der Waals surface area contributed by atoms with Crippen LogP contribution in [-0.2, 0) is 14.8 Å². The molecule has 2 aromatic carbocycles. The van der Waals surface area contributed by atoms with Gasteiger partial charge in [0.25, 0.3) is 10.0 Å². The number of anilines is 2. The first-order valence-corrected chi connectivity index (χ1v) is 9.97. The van der Waals surface area contributed by atoms with Crippen LogP contribution in [0.25, 0.3) is 0 Å². The van der Waals surface area contributed by atoms with Gasteiger partial charge in [0.15, 0.2) is 0 Å². The van der Waals surface area contributed by atoms with Crippen LogP contribution in [0.4, 0.5) is 11.4 Å². The van der Waals surface area contributed by atoms with Gasteiger partial charge in [0.1, 0.15) is 10.6 Å². The highest BCUT2D eigenvalue weighted by Crippen LogP contribution is 2.29. The number of carbonyl (C=O) groups excluding carboxylic acids is 1. The highest BCUT2D eigenvalue weighted by atomic mass is 32.2. The van der Waals surface area contributed by atoms with E-state index in [0.29, 0.717) is 24.3 Å². The van der Waals surface area contributed by atoms with Gasteiger partial charge in [0.05, 0.1) is 12.8 Å². The first-order chi connectivity index (χ1) is 12.4. The van der Waals surface area contributed by atoms with Crippen molar-refractivity contribution in [3.63, 3.8) is 0 Å². The molecule has 138 valence electrons. The summed E-state index contributed by atoms with van der Waals surface area (Å²) < 4.78 is 33.4. The maximum Gasteiger partial charge on any atom is 0.265 e. The topological polar surface area (TPSA) is 75.7 Å². The smallest absolute Gasteiger partial charge is 0.265 e. The van der Waals surface area contributed by atoms with Crippen molar-refractivity contribution in [3.8, 4) is 5.75 Å². The van der Waals surface area contributed by atoms with Crippen LogP contribution in [0.5, 0.6) is 5.75 Å². The average Bonchev–Trinajstić information content (AvgIpc) is 2.62. The normalized spacial score (nSPS) is 15.0. The molecule has 1 aliphatic heterocycles. The van der Waals surface area contributed by atoms with Crippen molar-refractivity contribution in [2.24, 2.45) is 0 Å². The number of sulfonamides is 1. The van der Waals surface area contributed by atoms with Gasteiger partial charge in [-0.25, -0.2) is 8.42 Å². The fourth-order valence-electron chi connectivity index (χ4n) is 3.02. The molecule has 0 radical (unpaired) electrons. The monoisotopic (exact) mass is 374 g/mol. The summed E-state index contributed by atoms with van der Waals surface area (Å²) in [5.74, 6) is 0.349. The van der Waals surface area contributed by atoms with Crippen molar-refractivity contribution in [3.05, 3.63) is 48.0 Å².